The van der Waals surface area contributed by atoms with Gasteiger partial charge in [0.15, 0.2) is 0 Å². The van der Waals surface area contributed by atoms with Crippen LogP contribution >= 0.6 is 0 Å². The second kappa shape index (κ2) is 6.98. The third-order valence-electron chi connectivity index (χ3n) is 3.33. The minimum atomic E-state index is 0.191. The summed E-state index contributed by atoms with van der Waals surface area (Å²) in [6, 6.07) is 14.4. The van der Waals surface area contributed by atoms with E-state index in [0.29, 0.717) is 6.42 Å². The van der Waals surface area contributed by atoms with E-state index in [-0.39, 0.29) is 5.76 Å². The van der Waals surface area contributed by atoms with E-state index in [1.807, 2.05) is 18.2 Å². The molecule has 2 aromatic carbocycles. The highest BCUT2D eigenvalue weighted by molar-refractivity contribution is 5.66. The number of aliphatic hydroxyl groups excluding tert-OH is 1. The molecule has 0 aromatic heterocycles. The molecule has 0 fully saturated rings. The van der Waals surface area contributed by atoms with Gasteiger partial charge in [0.25, 0.3) is 0 Å². The standard InChI is InChI=1S/C19H22O2/c1-4-11-21-19-10-9-18(12-14(19)2)17-7-5-16(6-8-17)13-15(3)20/h5-10,12,20H,3-4,11,13H2,1-2H3. The van der Waals surface area contributed by atoms with Crippen LogP contribution in [0, 0.1) is 6.92 Å². The Morgan fingerprint density at radius 1 is 1.10 bits per heavy atom. The van der Waals surface area contributed by atoms with Crippen LogP contribution in [0.4, 0.5) is 0 Å². The van der Waals surface area contributed by atoms with Crippen LogP contribution in [-0.2, 0) is 6.42 Å². The van der Waals surface area contributed by atoms with Crippen LogP contribution in [0.3, 0.4) is 0 Å². The number of rotatable bonds is 6. The van der Waals surface area contributed by atoms with Crippen LogP contribution in [0.5, 0.6) is 5.75 Å². The summed E-state index contributed by atoms with van der Waals surface area (Å²) in [6.45, 7) is 8.44. The van der Waals surface area contributed by atoms with Gasteiger partial charge in [0.2, 0.25) is 0 Å². The summed E-state index contributed by atoms with van der Waals surface area (Å²) < 4.78 is 5.70. The number of benzene rings is 2. The lowest BCUT2D eigenvalue weighted by Gasteiger charge is -2.10. The summed E-state index contributed by atoms with van der Waals surface area (Å²) in [5.74, 6) is 1.14. The van der Waals surface area contributed by atoms with E-state index in [9.17, 15) is 5.11 Å². The molecule has 0 bridgehead atoms. The van der Waals surface area contributed by atoms with Gasteiger partial charge in [-0.25, -0.2) is 0 Å². The predicted molar refractivity (Wildman–Crippen MR) is 87.9 cm³/mol. The molecule has 1 N–H and O–H groups in total. The van der Waals surface area contributed by atoms with Crippen LogP contribution < -0.4 is 4.74 Å². The van der Waals surface area contributed by atoms with E-state index >= 15 is 0 Å². The van der Waals surface area contributed by atoms with Gasteiger partial charge in [-0.05, 0) is 47.7 Å². The van der Waals surface area contributed by atoms with Crippen LogP contribution in [0.15, 0.2) is 54.8 Å². The summed E-state index contributed by atoms with van der Waals surface area (Å²) >= 11 is 0. The molecule has 0 atom stereocenters. The lowest BCUT2D eigenvalue weighted by Crippen LogP contribution is -1.97. The molecule has 21 heavy (non-hydrogen) atoms. The molecular formula is C19H22O2. The number of aliphatic hydroxyl groups is 1. The molecule has 0 aliphatic heterocycles. The summed E-state index contributed by atoms with van der Waals surface area (Å²) in [7, 11) is 0. The van der Waals surface area contributed by atoms with E-state index in [0.717, 1.165) is 35.5 Å². The van der Waals surface area contributed by atoms with E-state index in [1.165, 1.54) is 5.56 Å². The number of aryl methyl sites for hydroxylation is 1. The van der Waals surface area contributed by atoms with Gasteiger partial charge in [-0.3, -0.25) is 0 Å². The van der Waals surface area contributed by atoms with Crippen molar-refractivity contribution >= 4 is 0 Å². The minimum absolute atomic E-state index is 0.191. The average molecular weight is 282 g/mol. The van der Waals surface area contributed by atoms with Crippen molar-refractivity contribution in [1.82, 2.24) is 0 Å². The lowest BCUT2D eigenvalue weighted by atomic mass is 10.0. The Labute approximate surface area is 126 Å². The van der Waals surface area contributed by atoms with Crippen molar-refractivity contribution in [2.75, 3.05) is 6.61 Å². The lowest BCUT2D eigenvalue weighted by molar-refractivity contribution is 0.315. The van der Waals surface area contributed by atoms with Gasteiger partial charge in [-0.2, -0.15) is 0 Å². The van der Waals surface area contributed by atoms with Gasteiger partial charge in [-0.1, -0.05) is 43.8 Å². The Balaban J connectivity index is 2.18. The molecule has 0 aliphatic carbocycles. The largest absolute Gasteiger partial charge is 0.513 e. The second-order valence-electron chi connectivity index (χ2n) is 5.27. The highest BCUT2D eigenvalue weighted by Gasteiger charge is 2.04. The molecule has 0 radical (unpaired) electrons. The average Bonchev–Trinajstić information content (AvgIpc) is 2.46. The van der Waals surface area contributed by atoms with Crippen molar-refractivity contribution in [1.29, 1.82) is 0 Å². The number of ether oxygens (including phenoxy) is 1. The third-order valence-corrected chi connectivity index (χ3v) is 3.33. The number of hydrogen-bond donors (Lipinski definition) is 1. The molecule has 0 unspecified atom stereocenters. The fourth-order valence-corrected chi connectivity index (χ4v) is 2.25. The van der Waals surface area contributed by atoms with Gasteiger partial charge in [0.05, 0.1) is 12.4 Å². The maximum absolute atomic E-state index is 9.22. The number of allylic oxidation sites excluding steroid dienone is 1. The normalized spacial score (nSPS) is 10.4. The van der Waals surface area contributed by atoms with E-state index in [1.54, 1.807) is 0 Å². The van der Waals surface area contributed by atoms with Crippen molar-refractivity contribution in [3.05, 3.63) is 65.9 Å². The zero-order valence-corrected chi connectivity index (χ0v) is 12.7. The first kappa shape index (κ1) is 15.2. The SMILES string of the molecule is C=C(O)Cc1ccc(-c2ccc(OCCC)c(C)c2)cc1. The van der Waals surface area contributed by atoms with Gasteiger partial charge >= 0.3 is 0 Å². The highest BCUT2D eigenvalue weighted by Crippen LogP contribution is 2.26. The summed E-state index contributed by atoms with van der Waals surface area (Å²) in [5, 5.41) is 9.22. The minimum Gasteiger partial charge on any atom is -0.513 e. The molecule has 0 saturated carbocycles. The molecule has 0 heterocycles. The molecule has 0 amide bonds. The Morgan fingerprint density at radius 2 is 1.76 bits per heavy atom. The van der Waals surface area contributed by atoms with Crippen molar-refractivity contribution in [3.8, 4) is 16.9 Å². The Kier molecular flexibility index (Phi) is 5.04. The van der Waals surface area contributed by atoms with E-state index < -0.39 is 0 Å². The topological polar surface area (TPSA) is 29.5 Å². The molecule has 0 spiro atoms. The Bertz CT molecular complexity index is 612. The van der Waals surface area contributed by atoms with Crippen molar-refractivity contribution in [2.45, 2.75) is 26.7 Å². The first-order valence-corrected chi connectivity index (χ1v) is 7.29. The smallest absolute Gasteiger partial charge is 0.122 e. The van der Waals surface area contributed by atoms with Crippen LogP contribution in [0.25, 0.3) is 11.1 Å². The van der Waals surface area contributed by atoms with Crippen molar-refractivity contribution in [2.24, 2.45) is 0 Å². The first-order valence-electron chi connectivity index (χ1n) is 7.29. The third kappa shape index (κ3) is 4.12. The summed E-state index contributed by atoms with van der Waals surface area (Å²) in [6.07, 6.45) is 1.52. The molecule has 2 heteroatoms. The van der Waals surface area contributed by atoms with E-state index in [2.05, 4.69) is 44.7 Å². The zero-order valence-electron chi connectivity index (χ0n) is 12.7. The first-order chi connectivity index (χ1) is 10.1. The molecule has 110 valence electrons. The fourth-order valence-electron chi connectivity index (χ4n) is 2.25. The fraction of sp³-hybridized carbons (Fsp3) is 0.263. The number of hydrogen-bond acceptors (Lipinski definition) is 2. The van der Waals surface area contributed by atoms with Crippen LogP contribution in [-0.4, -0.2) is 11.7 Å². The molecular weight excluding hydrogens is 260 g/mol. The van der Waals surface area contributed by atoms with Gasteiger partial charge in [0.1, 0.15) is 5.75 Å². The summed E-state index contributed by atoms with van der Waals surface area (Å²) in [4.78, 5) is 0. The highest BCUT2D eigenvalue weighted by atomic mass is 16.5. The van der Waals surface area contributed by atoms with Crippen molar-refractivity contribution < 1.29 is 9.84 Å². The maximum atomic E-state index is 9.22. The monoisotopic (exact) mass is 282 g/mol. The van der Waals surface area contributed by atoms with Gasteiger partial charge in [0, 0.05) is 6.42 Å². The molecule has 2 nitrogen and oxygen atoms in total. The van der Waals surface area contributed by atoms with E-state index in [4.69, 9.17) is 4.74 Å². The zero-order chi connectivity index (χ0) is 15.2. The Hall–Kier alpha value is -2.22. The summed E-state index contributed by atoms with van der Waals surface area (Å²) in [5.41, 5.74) is 4.54. The molecule has 0 aliphatic rings. The van der Waals surface area contributed by atoms with Crippen molar-refractivity contribution in [3.63, 3.8) is 0 Å². The van der Waals surface area contributed by atoms with Gasteiger partial charge < -0.3 is 9.84 Å². The maximum Gasteiger partial charge on any atom is 0.122 e. The van der Waals surface area contributed by atoms with Crippen LogP contribution in [0.2, 0.25) is 0 Å². The van der Waals surface area contributed by atoms with Crippen LogP contribution in [0.1, 0.15) is 24.5 Å². The predicted octanol–water partition coefficient (Wildman–Crippen LogP) is 5.07. The molecule has 2 aromatic rings. The second-order valence-corrected chi connectivity index (χ2v) is 5.27. The molecule has 0 saturated heterocycles. The van der Waals surface area contributed by atoms with Gasteiger partial charge in [-0.15, -0.1) is 0 Å². The quantitative estimate of drug-likeness (QED) is 0.750. The Morgan fingerprint density at radius 3 is 2.33 bits per heavy atom. The molecule has 2 rings (SSSR count).